The number of rotatable bonds is 4. The van der Waals surface area contributed by atoms with Crippen molar-refractivity contribution < 1.29 is 13.9 Å². The Hall–Kier alpha value is -2.51. The molecule has 0 aliphatic heterocycles. The second-order valence-electron chi connectivity index (χ2n) is 5.00. The number of amides is 1. The standard InChI is InChI=1S/C16H14FN3O2S/c1-20(2)19-16(21)14-9-11-15(23-14)13(7-8-18-11)22-12-6-4-3-5-10(12)17/h3-9H,1-2H3,(H,19,21). The van der Waals surface area contributed by atoms with Crippen molar-refractivity contribution in [1.82, 2.24) is 15.4 Å². The van der Waals surface area contributed by atoms with Crippen molar-refractivity contribution in [1.29, 1.82) is 0 Å². The molecule has 2 heterocycles. The van der Waals surface area contributed by atoms with E-state index < -0.39 is 5.82 Å². The van der Waals surface area contributed by atoms with Gasteiger partial charge in [0.15, 0.2) is 11.6 Å². The average molecular weight is 331 g/mol. The van der Waals surface area contributed by atoms with Crippen molar-refractivity contribution in [3.05, 3.63) is 53.3 Å². The molecule has 0 atom stereocenters. The lowest BCUT2D eigenvalue weighted by Crippen LogP contribution is -2.35. The monoisotopic (exact) mass is 331 g/mol. The molecule has 0 aliphatic rings. The first-order chi connectivity index (χ1) is 11.0. The molecule has 0 fully saturated rings. The number of hydrogen-bond acceptors (Lipinski definition) is 5. The lowest BCUT2D eigenvalue weighted by molar-refractivity contribution is 0.0861. The van der Waals surface area contributed by atoms with Crippen LogP contribution < -0.4 is 10.2 Å². The fourth-order valence-electron chi connectivity index (χ4n) is 2.01. The molecule has 0 radical (unpaired) electrons. The van der Waals surface area contributed by atoms with Gasteiger partial charge in [0.25, 0.3) is 5.91 Å². The van der Waals surface area contributed by atoms with Gasteiger partial charge in [0, 0.05) is 26.4 Å². The summed E-state index contributed by atoms with van der Waals surface area (Å²) in [5, 5.41) is 1.57. The molecule has 3 rings (SSSR count). The van der Waals surface area contributed by atoms with Gasteiger partial charge in [-0.25, -0.2) is 9.40 Å². The van der Waals surface area contributed by atoms with Gasteiger partial charge in [0.1, 0.15) is 5.75 Å². The first-order valence-electron chi connectivity index (χ1n) is 6.84. The SMILES string of the molecule is CN(C)NC(=O)c1cc2nccc(Oc3ccccc3F)c2s1. The molecule has 1 amide bonds. The van der Waals surface area contributed by atoms with E-state index in [0.717, 1.165) is 0 Å². The van der Waals surface area contributed by atoms with Gasteiger partial charge in [-0.15, -0.1) is 11.3 Å². The Morgan fingerprint density at radius 1 is 1.26 bits per heavy atom. The lowest BCUT2D eigenvalue weighted by atomic mass is 10.3. The molecule has 118 valence electrons. The molecule has 0 unspecified atom stereocenters. The van der Waals surface area contributed by atoms with E-state index >= 15 is 0 Å². The molecule has 1 N–H and O–H groups in total. The first-order valence-corrected chi connectivity index (χ1v) is 7.65. The molecule has 3 aromatic rings. The fourth-order valence-corrected chi connectivity index (χ4v) is 2.97. The zero-order chi connectivity index (χ0) is 16.4. The van der Waals surface area contributed by atoms with E-state index in [9.17, 15) is 9.18 Å². The summed E-state index contributed by atoms with van der Waals surface area (Å²) in [5.41, 5.74) is 3.31. The maximum absolute atomic E-state index is 13.7. The summed E-state index contributed by atoms with van der Waals surface area (Å²) in [6.45, 7) is 0. The summed E-state index contributed by atoms with van der Waals surface area (Å²) < 4.78 is 20.1. The number of nitrogens with one attached hydrogen (secondary N) is 1. The molecule has 7 heteroatoms. The summed E-state index contributed by atoms with van der Waals surface area (Å²) in [6, 6.07) is 9.51. The topological polar surface area (TPSA) is 54.5 Å². The molecule has 5 nitrogen and oxygen atoms in total. The van der Waals surface area contributed by atoms with Crippen LogP contribution in [0, 0.1) is 5.82 Å². The quantitative estimate of drug-likeness (QED) is 0.744. The number of hydrazine groups is 1. The minimum Gasteiger partial charge on any atom is -0.453 e. The van der Waals surface area contributed by atoms with Crippen molar-refractivity contribution in [2.24, 2.45) is 0 Å². The normalized spacial score (nSPS) is 11.0. The third-order valence-corrected chi connectivity index (χ3v) is 4.12. The highest BCUT2D eigenvalue weighted by molar-refractivity contribution is 7.21. The number of para-hydroxylation sites is 1. The third kappa shape index (κ3) is 3.30. The molecule has 2 aromatic heterocycles. The number of aromatic nitrogens is 1. The summed E-state index contributed by atoms with van der Waals surface area (Å²) in [7, 11) is 3.46. The molecule has 0 aliphatic carbocycles. The van der Waals surface area contributed by atoms with Crippen molar-refractivity contribution in [3.8, 4) is 11.5 Å². The van der Waals surface area contributed by atoms with Crippen LogP contribution >= 0.6 is 11.3 Å². The summed E-state index contributed by atoms with van der Waals surface area (Å²) in [4.78, 5) is 16.8. The zero-order valence-corrected chi connectivity index (χ0v) is 13.4. The van der Waals surface area contributed by atoms with Gasteiger partial charge >= 0.3 is 0 Å². The van der Waals surface area contributed by atoms with Gasteiger partial charge in [-0.1, -0.05) is 12.1 Å². The van der Waals surface area contributed by atoms with Crippen LogP contribution in [-0.2, 0) is 0 Å². The molecule has 0 spiro atoms. The van der Waals surface area contributed by atoms with Crippen LogP contribution in [0.5, 0.6) is 11.5 Å². The Labute approximate surface area is 136 Å². The number of nitrogens with zero attached hydrogens (tertiary/aromatic N) is 2. The second-order valence-corrected chi connectivity index (χ2v) is 6.05. The molecule has 0 saturated carbocycles. The number of carbonyl (C=O) groups is 1. The van der Waals surface area contributed by atoms with Crippen LogP contribution in [0.25, 0.3) is 10.2 Å². The smallest absolute Gasteiger partial charge is 0.275 e. The van der Waals surface area contributed by atoms with Gasteiger partial charge in [-0.3, -0.25) is 15.2 Å². The Bertz CT molecular complexity index is 863. The highest BCUT2D eigenvalue weighted by Crippen LogP contribution is 2.35. The van der Waals surface area contributed by atoms with Crippen LogP contribution in [0.4, 0.5) is 4.39 Å². The van der Waals surface area contributed by atoms with E-state index in [4.69, 9.17) is 4.74 Å². The predicted octanol–water partition coefficient (Wildman–Crippen LogP) is 3.43. The van der Waals surface area contributed by atoms with Crippen molar-refractivity contribution in [2.75, 3.05) is 14.1 Å². The van der Waals surface area contributed by atoms with Crippen molar-refractivity contribution in [2.45, 2.75) is 0 Å². The largest absolute Gasteiger partial charge is 0.453 e. The van der Waals surface area contributed by atoms with Gasteiger partial charge in [0.2, 0.25) is 0 Å². The lowest BCUT2D eigenvalue weighted by Gasteiger charge is -2.09. The number of thiophene rings is 1. The zero-order valence-electron chi connectivity index (χ0n) is 12.5. The van der Waals surface area contributed by atoms with Crippen LogP contribution in [0.3, 0.4) is 0 Å². The highest BCUT2D eigenvalue weighted by Gasteiger charge is 2.15. The van der Waals surface area contributed by atoms with Gasteiger partial charge in [0.05, 0.1) is 15.1 Å². The van der Waals surface area contributed by atoms with E-state index in [0.29, 0.717) is 20.8 Å². The molecule has 23 heavy (non-hydrogen) atoms. The highest BCUT2D eigenvalue weighted by atomic mass is 32.1. The maximum Gasteiger partial charge on any atom is 0.275 e. The Balaban J connectivity index is 1.97. The number of hydrogen-bond donors (Lipinski definition) is 1. The van der Waals surface area contributed by atoms with Crippen LogP contribution in [0.2, 0.25) is 0 Å². The Kier molecular flexibility index (Phi) is 4.22. The first kappa shape index (κ1) is 15.4. The number of fused-ring (bicyclic) bond motifs is 1. The summed E-state index contributed by atoms with van der Waals surface area (Å²) in [5.74, 6) is -0.0730. The average Bonchev–Trinajstić information content (AvgIpc) is 2.94. The van der Waals surface area contributed by atoms with Gasteiger partial charge < -0.3 is 4.74 Å². The number of ether oxygens (including phenoxy) is 1. The summed E-state index contributed by atoms with van der Waals surface area (Å²) in [6.07, 6.45) is 1.57. The minimum atomic E-state index is -0.445. The van der Waals surface area contributed by atoms with E-state index in [-0.39, 0.29) is 11.7 Å². The van der Waals surface area contributed by atoms with Crippen LogP contribution in [0.1, 0.15) is 9.67 Å². The van der Waals surface area contributed by atoms with Crippen LogP contribution in [-0.4, -0.2) is 30.0 Å². The summed E-state index contributed by atoms with van der Waals surface area (Å²) >= 11 is 1.25. The number of pyridine rings is 1. The Morgan fingerprint density at radius 3 is 2.78 bits per heavy atom. The molecule has 0 saturated heterocycles. The molecular weight excluding hydrogens is 317 g/mol. The van der Waals surface area contributed by atoms with E-state index in [2.05, 4.69) is 10.4 Å². The van der Waals surface area contributed by atoms with E-state index in [1.807, 2.05) is 0 Å². The molecular formula is C16H14FN3O2S. The number of benzene rings is 1. The third-order valence-electron chi connectivity index (χ3n) is 2.98. The predicted molar refractivity (Wildman–Crippen MR) is 87.2 cm³/mol. The van der Waals surface area contributed by atoms with Crippen molar-refractivity contribution in [3.63, 3.8) is 0 Å². The minimum absolute atomic E-state index is 0.132. The Morgan fingerprint density at radius 2 is 2.04 bits per heavy atom. The maximum atomic E-state index is 13.7. The molecule has 0 bridgehead atoms. The van der Waals surface area contributed by atoms with Crippen LogP contribution in [0.15, 0.2) is 42.6 Å². The number of halogens is 1. The van der Waals surface area contributed by atoms with Crippen molar-refractivity contribution >= 4 is 27.5 Å². The number of carbonyl (C=O) groups excluding carboxylic acids is 1. The fraction of sp³-hybridized carbons (Fsp3) is 0.125. The second kappa shape index (κ2) is 6.31. The molecule has 1 aromatic carbocycles. The van der Waals surface area contributed by atoms with E-state index in [1.165, 1.54) is 17.4 Å². The van der Waals surface area contributed by atoms with Gasteiger partial charge in [-0.05, 0) is 18.2 Å². The van der Waals surface area contributed by atoms with Gasteiger partial charge in [-0.2, -0.15) is 0 Å². The van der Waals surface area contributed by atoms with E-state index in [1.54, 1.807) is 55.6 Å².